The molecule has 0 bridgehead atoms. The van der Waals surface area contributed by atoms with E-state index in [2.05, 4.69) is 26.2 Å². The molecule has 2 aromatic rings. The van der Waals surface area contributed by atoms with Crippen molar-refractivity contribution >= 4 is 21.6 Å². The van der Waals surface area contributed by atoms with E-state index in [1.54, 1.807) is 6.20 Å². The standard InChI is InChI=1S/C14H14BrFN2/c1-9-4-3-5-13(14(9)15)18-10(2)11-6-12(16)8-17-7-11/h3-8,10,18H,1-2H3. The van der Waals surface area contributed by atoms with Gasteiger partial charge in [0.2, 0.25) is 0 Å². The van der Waals surface area contributed by atoms with Gasteiger partial charge >= 0.3 is 0 Å². The summed E-state index contributed by atoms with van der Waals surface area (Å²) < 4.78 is 14.1. The number of benzene rings is 1. The molecule has 0 aliphatic heterocycles. The molecule has 2 nitrogen and oxygen atoms in total. The summed E-state index contributed by atoms with van der Waals surface area (Å²) in [5.41, 5.74) is 2.97. The summed E-state index contributed by atoms with van der Waals surface area (Å²) in [5.74, 6) is -0.315. The highest BCUT2D eigenvalue weighted by molar-refractivity contribution is 9.10. The smallest absolute Gasteiger partial charge is 0.141 e. The molecule has 4 heteroatoms. The van der Waals surface area contributed by atoms with Crippen molar-refractivity contribution in [3.63, 3.8) is 0 Å². The topological polar surface area (TPSA) is 24.9 Å². The molecule has 0 amide bonds. The maximum absolute atomic E-state index is 13.1. The van der Waals surface area contributed by atoms with Gasteiger partial charge in [0.05, 0.1) is 12.2 Å². The Hall–Kier alpha value is -1.42. The monoisotopic (exact) mass is 308 g/mol. The van der Waals surface area contributed by atoms with Crippen LogP contribution in [-0.4, -0.2) is 4.98 Å². The molecule has 94 valence electrons. The summed E-state index contributed by atoms with van der Waals surface area (Å²) in [4.78, 5) is 3.86. The van der Waals surface area contributed by atoms with E-state index in [-0.39, 0.29) is 11.9 Å². The molecule has 1 unspecified atom stereocenters. The summed E-state index contributed by atoms with van der Waals surface area (Å²) >= 11 is 3.54. The molecule has 0 fully saturated rings. The second-order valence-electron chi connectivity index (χ2n) is 4.24. The molecule has 0 saturated carbocycles. The first-order valence-electron chi connectivity index (χ1n) is 5.70. The van der Waals surface area contributed by atoms with E-state index in [4.69, 9.17) is 0 Å². The lowest BCUT2D eigenvalue weighted by Crippen LogP contribution is -2.08. The van der Waals surface area contributed by atoms with Gasteiger partial charge in [-0.3, -0.25) is 4.98 Å². The highest BCUT2D eigenvalue weighted by Crippen LogP contribution is 2.29. The van der Waals surface area contributed by atoms with Crippen LogP contribution in [0.2, 0.25) is 0 Å². The Kier molecular flexibility index (Phi) is 3.97. The molecule has 1 aromatic heterocycles. The summed E-state index contributed by atoms with van der Waals surface area (Å²) in [6.07, 6.45) is 2.88. The van der Waals surface area contributed by atoms with Crippen molar-refractivity contribution in [2.24, 2.45) is 0 Å². The molecule has 1 aromatic carbocycles. The lowest BCUT2D eigenvalue weighted by molar-refractivity contribution is 0.616. The SMILES string of the molecule is Cc1cccc(NC(C)c2cncc(F)c2)c1Br. The van der Waals surface area contributed by atoms with Gasteiger partial charge in [0.15, 0.2) is 0 Å². The average Bonchev–Trinajstić information content (AvgIpc) is 2.35. The first kappa shape index (κ1) is 13.0. The number of nitrogens with zero attached hydrogens (tertiary/aromatic N) is 1. The van der Waals surface area contributed by atoms with Crippen LogP contribution in [0.5, 0.6) is 0 Å². The summed E-state index contributed by atoms with van der Waals surface area (Å²) in [7, 11) is 0. The molecule has 0 aliphatic rings. The third kappa shape index (κ3) is 2.88. The zero-order valence-electron chi connectivity index (χ0n) is 10.2. The van der Waals surface area contributed by atoms with Gasteiger partial charge in [0.1, 0.15) is 5.82 Å². The number of aromatic nitrogens is 1. The Balaban J connectivity index is 2.21. The van der Waals surface area contributed by atoms with Crippen LogP contribution in [0.3, 0.4) is 0 Å². The van der Waals surface area contributed by atoms with Crippen LogP contribution in [-0.2, 0) is 0 Å². The Morgan fingerprint density at radius 1 is 1.33 bits per heavy atom. The number of halogens is 2. The van der Waals surface area contributed by atoms with E-state index < -0.39 is 0 Å². The van der Waals surface area contributed by atoms with Gasteiger partial charge in [0, 0.05) is 16.4 Å². The maximum atomic E-state index is 13.1. The van der Waals surface area contributed by atoms with Gasteiger partial charge in [-0.2, -0.15) is 0 Å². The van der Waals surface area contributed by atoms with Crippen molar-refractivity contribution in [1.29, 1.82) is 0 Å². The van der Waals surface area contributed by atoms with Gasteiger partial charge in [-0.15, -0.1) is 0 Å². The summed E-state index contributed by atoms with van der Waals surface area (Å²) in [6, 6.07) is 7.49. The third-order valence-corrected chi connectivity index (χ3v) is 3.84. The van der Waals surface area contributed by atoms with Crippen molar-refractivity contribution in [3.05, 3.63) is 58.1 Å². The first-order chi connectivity index (χ1) is 8.58. The van der Waals surface area contributed by atoms with Crippen LogP contribution in [0.25, 0.3) is 0 Å². The molecule has 0 spiro atoms. The summed E-state index contributed by atoms with van der Waals surface area (Å²) in [5, 5.41) is 3.34. The van der Waals surface area contributed by atoms with Crippen molar-refractivity contribution in [1.82, 2.24) is 4.98 Å². The fourth-order valence-corrected chi connectivity index (χ4v) is 2.12. The van der Waals surface area contributed by atoms with Gasteiger partial charge in [0.25, 0.3) is 0 Å². The molecular weight excluding hydrogens is 295 g/mol. The second kappa shape index (κ2) is 5.48. The van der Waals surface area contributed by atoms with E-state index in [0.717, 1.165) is 21.3 Å². The third-order valence-electron chi connectivity index (χ3n) is 2.79. The second-order valence-corrected chi connectivity index (χ2v) is 5.03. The van der Waals surface area contributed by atoms with Crippen molar-refractivity contribution in [2.75, 3.05) is 5.32 Å². The van der Waals surface area contributed by atoms with Crippen LogP contribution < -0.4 is 5.32 Å². The molecule has 0 saturated heterocycles. The van der Waals surface area contributed by atoms with Gasteiger partial charge in [-0.1, -0.05) is 12.1 Å². The predicted molar refractivity (Wildman–Crippen MR) is 75.1 cm³/mol. The van der Waals surface area contributed by atoms with Gasteiger partial charge in [-0.25, -0.2) is 4.39 Å². The zero-order valence-corrected chi connectivity index (χ0v) is 11.8. The van der Waals surface area contributed by atoms with Crippen molar-refractivity contribution in [3.8, 4) is 0 Å². The number of nitrogens with one attached hydrogen (secondary N) is 1. The minimum atomic E-state index is -0.315. The number of hydrogen-bond acceptors (Lipinski definition) is 2. The number of hydrogen-bond donors (Lipinski definition) is 1. The van der Waals surface area contributed by atoms with Crippen molar-refractivity contribution < 1.29 is 4.39 Å². The summed E-state index contributed by atoms with van der Waals surface area (Å²) in [6.45, 7) is 4.01. The lowest BCUT2D eigenvalue weighted by atomic mass is 10.1. The van der Waals surface area contributed by atoms with Gasteiger partial charge < -0.3 is 5.32 Å². The lowest BCUT2D eigenvalue weighted by Gasteiger charge is -2.17. The van der Waals surface area contributed by atoms with Crippen LogP contribution in [0.4, 0.5) is 10.1 Å². The molecule has 0 radical (unpaired) electrons. The normalized spacial score (nSPS) is 12.2. The Labute approximate surface area is 114 Å². The van der Waals surface area contributed by atoms with Crippen LogP contribution in [0.1, 0.15) is 24.1 Å². The number of anilines is 1. The first-order valence-corrected chi connectivity index (χ1v) is 6.49. The molecule has 0 aliphatic carbocycles. The Bertz CT molecular complexity index is 557. The fraction of sp³-hybridized carbons (Fsp3) is 0.214. The predicted octanol–water partition coefficient (Wildman–Crippen LogP) is 4.46. The Morgan fingerprint density at radius 2 is 2.11 bits per heavy atom. The minimum Gasteiger partial charge on any atom is -0.378 e. The van der Waals surface area contributed by atoms with Crippen LogP contribution in [0, 0.1) is 12.7 Å². The molecule has 18 heavy (non-hydrogen) atoms. The van der Waals surface area contributed by atoms with E-state index in [1.165, 1.54) is 12.3 Å². The molecule has 1 atom stereocenters. The molecule has 2 rings (SSSR count). The van der Waals surface area contributed by atoms with E-state index in [0.29, 0.717) is 0 Å². The average molecular weight is 309 g/mol. The highest BCUT2D eigenvalue weighted by Gasteiger charge is 2.09. The van der Waals surface area contributed by atoms with Crippen LogP contribution in [0.15, 0.2) is 41.1 Å². The quantitative estimate of drug-likeness (QED) is 0.905. The largest absolute Gasteiger partial charge is 0.378 e. The molecule has 1 heterocycles. The number of pyridine rings is 1. The number of rotatable bonds is 3. The van der Waals surface area contributed by atoms with E-state index in [9.17, 15) is 4.39 Å². The van der Waals surface area contributed by atoms with Crippen LogP contribution >= 0.6 is 15.9 Å². The van der Waals surface area contributed by atoms with E-state index >= 15 is 0 Å². The highest BCUT2D eigenvalue weighted by atomic mass is 79.9. The minimum absolute atomic E-state index is 0.00806. The fourth-order valence-electron chi connectivity index (χ4n) is 1.74. The maximum Gasteiger partial charge on any atom is 0.141 e. The Morgan fingerprint density at radius 3 is 2.83 bits per heavy atom. The van der Waals surface area contributed by atoms with Crippen molar-refractivity contribution in [2.45, 2.75) is 19.9 Å². The van der Waals surface area contributed by atoms with E-state index in [1.807, 2.05) is 32.0 Å². The molecular formula is C14H14BrFN2. The molecule has 1 N–H and O–H groups in total. The zero-order chi connectivity index (χ0) is 13.1. The van der Waals surface area contributed by atoms with Gasteiger partial charge in [-0.05, 0) is 53.0 Å². The number of aryl methyl sites for hydroxylation is 1.